The van der Waals surface area contributed by atoms with Gasteiger partial charge in [-0.3, -0.25) is 10.1 Å². The number of non-ortho nitro benzene ring substituents is 1. The minimum Gasteiger partial charge on any atom is -0.258 e. The lowest BCUT2D eigenvalue weighted by atomic mass is 10.2. The van der Waals surface area contributed by atoms with Crippen molar-refractivity contribution >= 4 is 29.1 Å². The standard InChI is InChI=1S/C13H10ClNO2S/c1-9-2-5-11(6-3-9)18-13-7-4-10(15(16)17)8-12(13)14/h2-8H,1H3. The highest BCUT2D eigenvalue weighted by atomic mass is 35.5. The Bertz CT molecular complexity index is 584. The zero-order valence-electron chi connectivity index (χ0n) is 9.59. The molecule has 0 amide bonds. The average Bonchev–Trinajstić information content (AvgIpc) is 2.34. The van der Waals surface area contributed by atoms with Crippen LogP contribution in [0.5, 0.6) is 0 Å². The molecule has 18 heavy (non-hydrogen) atoms. The first-order chi connectivity index (χ1) is 8.56. The van der Waals surface area contributed by atoms with Crippen molar-refractivity contribution in [3.05, 3.63) is 63.2 Å². The van der Waals surface area contributed by atoms with Gasteiger partial charge in [0, 0.05) is 21.9 Å². The molecule has 0 N–H and O–H groups in total. The number of nitro groups is 1. The molecule has 3 nitrogen and oxygen atoms in total. The lowest BCUT2D eigenvalue weighted by molar-refractivity contribution is -0.384. The zero-order valence-corrected chi connectivity index (χ0v) is 11.2. The van der Waals surface area contributed by atoms with Crippen LogP contribution in [0.1, 0.15) is 5.56 Å². The van der Waals surface area contributed by atoms with E-state index in [1.54, 1.807) is 6.07 Å². The van der Waals surface area contributed by atoms with E-state index in [1.165, 1.54) is 29.5 Å². The summed E-state index contributed by atoms with van der Waals surface area (Å²) in [6.45, 7) is 2.02. The third-order valence-electron chi connectivity index (χ3n) is 2.38. The molecule has 2 aromatic rings. The fourth-order valence-electron chi connectivity index (χ4n) is 1.42. The summed E-state index contributed by atoms with van der Waals surface area (Å²) in [5.41, 5.74) is 1.20. The molecule has 92 valence electrons. The summed E-state index contributed by atoms with van der Waals surface area (Å²) in [5, 5.41) is 11.0. The van der Waals surface area contributed by atoms with E-state index in [0.29, 0.717) is 5.02 Å². The van der Waals surface area contributed by atoms with E-state index >= 15 is 0 Å². The minimum atomic E-state index is -0.452. The highest BCUT2D eigenvalue weighted by Gasteiger charge is 2.10. The summed E-state index contributed by atoms with van der Waals surface area (Å²) >= 11 is 7.52. The van der Waals surface area contributed by atoms with E-state index in [0.717, 1.165) is 9.79 Å². The number of hydrogen-bond acceptors (Lipinski definition) is 3. The molecule has 0 radical (unpaired) electrons. The molecule has 0 unspecified atom stereocenters. The maximum absolute atomic E-state index is 10.6. The van der Waals surface area contributed by atoms with E-state index < -0.39 is 4.92 Å². The summed E-state index contributed by atoms with van der Waals surface area (Å²) in [7, 11) is 0. The van der Waals surface area contributed by atoms with Gasteiger partial charge in [0.15, 0.2) is 0 Å². The number of aryl methyl sites for hydroxylation is 1. The van der Waals surface area contributed by atoms with Crippen LogP contribution in [0, 0.1) is 17.0 Å². The number of nitrogens with zero attached hydrogens (tertiary/aromatic N) is 1. The van der Waals surface area contributed by atoms with Crippen LogP contribution in [-0.2, 0) is 0 Å². The Morgan fingerprint density at radius 3 is 2.39 bits per heavy atom. The van der Waals surface area contributed by atoms with Crippen molar-refractivity contribution in [3.8, 4) is 0 Å². The predicted molar refractivity (Wildman–Crippen MR) is 73.4 cm³/mol. The van der Waals surface area contributed by atoms with Crippen LogP contribution in [0.25, 0.3) is 0 Å². The summed E-state index contributed by atoms with van der Waals surface area (Å²) < 4.78 is 0. The molecule has 0 fully saturated rings. The van der Waals surface area contributed by atoms with Gasteiger partial charge in [-0.25, -0.2) is 0 Å². The predicted octanol–water partition coefficient (Wildman–Crippen LogP) is 4.71. The van der Waals surface area contributed by atoms with Gasteiger partial charge < -0.3 is 0 Å². The van der Waals surface area contributed by atoms with Gasteiger partial charge in [-0.05, 0) is 25.1 Å². The van der Waals surface area contributed by atoms with Crippen molar-refractivity contribution < 1.29 is 4.92 Å². The summed E-state index contributed by atoms with van der Waals surface area (Å²) in [4.78, 5) is 12.0. The molecule has 0 saturated carbocycles. The van der Waals surface area contributed by atoms with Crippen LogP contribution in [0.3, 0.4) is 0 Å². The molecule has 0 heterocycles. The average molecular weight is 280 g/mol. The first-order valence-corrected chi connectivity index (χ1v) is 6.44. The maximum Gasteiger partial charge on any atom is 0.270 e. The molecule has 0 saturated heterocycles. The van der Waals surface area contributed by atoms with Gasteiger partial charge in [0.1, 0.15) is 0 Å². The second-order valence-corrected chi connectivity index (χ2v) is 5.31. The monoisotopic (exact) mass is 279 g/mol. The Morgan fingerprint density at radius 1 is 1.17 bits per heavy atom. The Labute approximate surface area is 114 Å². The van der Waals surface area contributed by atoms with E-state index in [-0.39, 0.29) is 5.69 Å². The Morgan fingerprint density at radius 2 is 1.83 bits per heavy atom. The van der Waals surface area contributed by atoms with Crippen molar-refractivity contribution in [1.82, 2.24) is 0 Å². The first-order valence-electron chi connectivity index (χ1n) is 5.25. The molecule has 0 aromatic heterocycles. The van der Waals surface area contributed by atoms with Crippen LogP contribution >= 0.6 is 23.4 Å². The van der Waals surface area contributed by atoms with E-state index in [2.05, 4.69) is 0 Å². The molecule has 0 bridgehead atoms. The molecule has 0 aliphatic carbocycles. The van der Waals surface area contributed by atoms with E-state index in [9.17, 15) is 10.1 Å². The topological polar surface area (TPSA) is 43.1 Å². The second-order valence-electron chi connectivity index (χ2n) is 3.79. The summed E-state index contributed by atoms with van der Waals surface area (Å²) in [6, 6.07) is 12.5. The van der Waals surface area contributed by atoms with Gasteiger partial charge in [0.25, 0.3) is 5.69 Å². The normalized spacial score (nSPS) is 10.3. The molecule has 0 aliphatic rings. The Kier molecular flexibility index (Phi) is 3.89. The summed E-state index contributed by atoms with van der Waals surface area (Å²) in [6.07, 6.45) is 0. The largest absolute Gasteiger partial charge is 0.270 e. The number of benzene rings is 2. The van der Waals surface area contributed by atoms with Crippen LogP contribution in [0.2, 0.25) is 5.02 Å². The fraction of sp³-hybridized carbons (Fsp3) is 0.0769. The van der Waals surface area contributed by atoms with Gasteiger partial charge in [0.2, 0.25) is 0 Å². The number of hydrogen-bond donors (Lipinski definition) is 0. The lowest BCUT2D eigenvalue weighted by Gasteiger charge is -2.04. The molecule has 0 spiro atoms. The fourth-order valence-corrected chi connectivity index (χ4v) is 2.53. The molecule has 0 atom stereocenters. The Balaban J connectivity index is 2.24. The van der Waals surface area contributed by atoms with Crippen molar-refractivity contribution in [1.29, 1.82) is 0 Å². The smallest absolute Gasteiger partial charge is 0.258 e. The number of rotatable bonds is 3. The van der Waals surface area contributed by atoms with Crippen LogP contribution in [0.4, 0.5) is 5.69 Å². The number of halogens is 1. The van der Waals surface area contributed by atoms with Crippen molar-refractivity contribution in [2.75, 3.05) is 0 Å². The molecular formula is C13H10ClNO2S. The Hall–Kier alpha value is -1.52. The highest BCUT2D eigenvalue weighted by Crippen LogP contribution is 2.35. The SMILES string of the molecule is Cc1ccc(Sc2ccc([N+](=O)[O-])cc2Cl)cc1. The molecule has 2 aromatic carbocycles. The van der Waals surface area contributed by atoms with Gasteiger partial charge >= 0.3 is 0 Å². The molecule has 5 heteroatoms. The third kappa shape index (κ3) is 3.03. The van der Waals surface area contributed by atoms with Crippen molar-refractivity contribution in [2.24, 2.45) is 0 Å². The minimum absolute atomic E-state index is 0.00764. The first kappa shape index (κ1) is 12.9. The van der Waals surface area contributed by atoms with Gasteiger partial charge in [-0.2, -0.15) is 0 Å². The van der Waals surface area contributed by atoms with E-state index in [4.69, 9.17) is 11.6 Å². The number of nitro benzene ring substituents is 1. The summed E-state index contributed by atoms with van der Waals surface area (Å²) in [5.74, 6) is 0. The van der Waals surface area contributed by atoms with Gasteiger partial charge in [-0.1, -0.05) is 41.1 Å². The lowest BCUT2D eigenvalue weighted by Crippen LogP contribution is -1.87. The highest BCUT2D eigenvalue weighted by molar-refractivity contribution is 7.99. The molecule has 2 rings (SSSR count). The zero-order chi connectivity index (χ0) is 13.1. The molecule has 0 aliphatic heterocycles. The van der Waals surface area contributed by atoms with Crippen molar-refractivity contribution in [2.45, 2.75) is 16.7 Å². The quantitative estimate of drug-likeness (QED) is 0.604. The van der Waals surface area contributed by atoms with Crippen LogP contribution in [0.15, 0.2) is 52.3 Å². The van der Waals surface area contributed by atoms with Crippen LogP contribution < -0.4 is 0 Å². The van der Waals surface area contributed by atoms with Crippen LogP contribution in [-0.4, -0.2) is 4.92 Å². The van der Waals surface area contributed by atoms with Gasteiger partial charge in [-0.15, -0.1) is 0 Å². The van der Waals surface area contributed by atoms with E-state index in [1.807, 2.05) is 31.2 Å². The van der Waals surface area contributed by atoms with Gasteiger partial charge in [0.05, 0.1) is 9.95 Å². The van der Waals surface area contributed by atoms with Crippen molar-refractivity contribution in [3.63, 3.8) is 0 Å². The molecular weight excluding hydrogens is 270 g/mol. The maximum atomic E-state index is 10.6. The third-order valence-corrected chi connectivity index (χ3v) is 3.88. The second kappa shape index (κ2) is 5.42.